The van der Waals surface area contributed by atoms with Crippen molar-refractivity contribution in [3.05, 3.63) is 65.9 Å². The smallest absolute Gasteiger partial charge is 0.319 e. The summed E-state index contributed by atoms with van der Waals surface area (Å²) in [6.07, 6.45) is 1.86. The van der Waals surface area contributed by atoms with E-state index in [4.69, 9.17) is 4.74 Å². The zero-order chi connectivity index (χ0) is 23.2. The number of hydrogen-bond acceptors (Lipinski definition) is 4. The molecule has 0 bridgehead atoms. The van der Waals surface area contributed by atoms with Gasteiger partial charge < -0.3 is 20.3 Å². The Morgan fingerprint density at radius 2 is 1.97 bits per heavy atom. The minimum Gasteiger partial charge on any atom is -0.496 e. The van der Waals surface area contributed by atoms with Gasteiger partial charge in [-0.2, -0.15) is 5.10 Å². The maximum absolute atomic E-state index is 13.1. The number of benzene rings is 2. The zero-order valence-electron chi connectivity index (χ0n) is 18.9. The van der Waals surface area contributed by atoms with Crippen molar-refractivity contribution >= 4 is 17.6 Å². The second kappa shape index (κ2) is 10.2. The van der Waals surface area contributed by atoms with E-state index in [1.54, 1.807) is 13.2 Å². The first kappa shape index (κ1) is 22.4. The van der Waals surface area contributed by atoms with E-state index in [1.165, 1.54) is 0 Å². The van der Waals surface area contributed by atoms with Gasteiger partial charge in [-0.05, 0) is 56.0 Å². The molecule has 4 rings (SSSR count). The second-order valence-electron chi connectivity index (χ2n) is 8.33. The molecule has 2 heterocycles. The van der Waals surface area contributed by atoms with Crippen LogP contribution >= 0.6 is 0 Å². The highest BCUT2D eigenvalue weighted by Crippen LogP contribution is 2.29. The predicted molar refractivity (Wildman–Crippen MR) is 127 cm³/mol. The van der Waals surface area contributed by atoms with E-state index < -0.39 is 0 Å². The number of hydrogen-bond donors (Lipinski definition) is 3. The molecule has 1 saturated heterocycles. The number of rotatable bonds is 6. The van der Waals surface area contributed by atoms with Gasteiger partial charge in [0, 0.05) is 30.9 Å². The first-order valence-electron chi connectivity index (χ1n) is 11.1. The van der Waals surface area contributed by atoms with E-state index in [9.17, 15) is 9.59 Å². The van der Waals surface area contributed by atoms with Crippen LogP contribution in [0.4, 0.5) is 10.5 Å². The second-order valence-corrected chi connectivity index (χ2v) is 8.33. The van der Waals surface area contributed by atoms with Crippen LogP contribution in [-0.2, 0) is 0 Å². The zero-order valence-corrected chi connectivity index (χ0v) is 18.9. The third-order valence-electron chi connectivity index (χ3n) is 5.86. The number of H-pyrrole nitrogens is 1. The van der Waals surface area contributed by atoms with Gasteiger partial charge >= 0.3 is 6.03 Å². The predicted octanol–water partition coefficient (Wildman–Crippen LogP) is 4.07. The minimum atomic E-state index is -0.239. The van der Waals surface area contributed by atoms with E-state index >= 15 is 0 Å². The number of ether oxygens (including phenoxy) is 1. The topological polar surface area (TPSA) is 99.4 Å². The highest BCUT2D eigenvalue weighted by molar-refractivity contribution is 5.93. The molecule has 1 atom stereocenters. The number of para-hydroxylation sites is 1. The lowest BCUT2D eigenvalue weighted by Crippen LogP contribution is -2.44. The van der Waals surface area contributed by atoms with Gasteiger partial charge in [0.2, 0.25) is 0 Å². The number of carbonyl (C=O) groups excluding carboxylic acids is 2. The van der Waals surface area contributed by atoms with Gasteiger partial charge in [-0.15, -0.1) is 0 Å². The van der Waals surface area contributed by atoms with Crippen LogP contribution < -0.4 is 15.4 Å². The number of methoxy groups -OCH3 is 1. The van der Waals surface area contributed by atoms with Crippen molar-refractivity contribution in [2.75, 3.05) is 32.1 Å². The monoisotopic (exact) mass is 447 g/mol. The van der Waals surface area contributed by atoms with E-state index in [2.05, 4.69) is 20.8 Å². The van der Waals surface area contributed by atoms with Crippen molar-refractivity contribution in [1.82, 2.24) is 20.4 Å². The normalized spacial score (nSPS) is 15.7. The summed E-state index contributed by atoms with van der Waals surface area (Å²) in [6, 6.07) is 16.8. The van der Waals surface area contributed by atoms with Crippen LogP contribution in [0.2, 0.25) is 0 Å². The molecule has 3 amide bonds. The van der Waals surface area contributed by atoms with Gasteiger partial charge in [-0.1, -0.05) is 29.8 Å². The fraction of sp³-hybridized carbons (Fsp3) is 0.320. The molecule has 172 valence electrons. The fourth-order valence-electron chi connectivity index (χ4n) is 4.06. The lowest BCUT2D eigenvalue weighted by atomic mass is 9.97. The highest BCUT2D eigenvalue weighted by atomic mass is 16.5. The van der Waals surface area contributed by atoms with Crippen LogP contribution in [0.3, 0.4) is 0 Å². The van der Waals surface area contributed by atoms with Crippen molar-refractivity contribution in [2.24, 2.45) is 5.92 Å². The SMILES string of the molecule is COc1ccccc1-c1cc(C(=O)N2CCCC(CNC(=O)Nc3ccc(C)cc3)C2)[nH]n1. The largest absolute Gasteiger partial charge is 0.496 e. The molecule has 1 aromatic heterocycles. The van der Waals surface area contributed by atoms with E-state index in [0.29, 0.717) is 36.8 Å². The van der Waals surface area contributed by atoms with Crippen molar-refractivity contribution in [3.8, 4) is 17.0 Å². The summed E-state index contributed by atoms with van der Waals surface area (Å²) in [4.78, 5) is 27.1. The van der Waals surface area contributed by atoms with Crippen LogP contribution in [-0.4, -0.2) is 53.8 Å². The number of carbonyl (C=O) groups is 2. The molecular weight excluding hydrogens is 418 g/mol. The molecule has 0 spiro atoms. The molecule has 8 nitrogen and oxygen atoms in total. The summed E-state index contributed by atoms with van der Waals surface area (Å²) in [5.74, 6) is 0.816. The summed E-state index contributed by atoms with van der Waals surface area (Å²) in [5, 5.41) is 13.0. The Labute approximate surface area is 193 Å². The summed E-state index contributed by atoms with van der Waals surface area (Å²) < 4.78 is 5.40. The Bertz CT molecular complexity index is 1110. The minimum absolute atomic E-state index is 0.0857. The molecule has 2 aromatic carbocycles. The molecule has 3 aromatic rings. The third-order valence-corrected chi connectivity index (χ3v) is 5.86. The van der Waals surface area contributed by atoms with Gasteiger partial charge in [-0.3, -0.25) is 9.89 Å². The van der Waals surface area contributed by atoms with Crippen LogP contribution in [0.5, 0.6) is 5.75 Å². The Kier molecular flexibility index (Phi) is 6.92. The first-order valence-corrected chi connectivity index (χ1v) is 11.1. The Morgan fingerprint density at radius 3 is 2.76 bits per heavy atom. The number of urea groups is 1. The number of aryl methyl sites for hydroxylation is 1. The molecule has 8 heteroatoms. The molecule has 1 aliphatic heterocycles. The van der Waals surface area contributed by atoms with Gasteiger partial charge in [0.05, 0.1) is 12.8 Å². The van der Waals surface area contributed by atoms with E-state index in [1.807, 2.05) is 60.4 Å². The molecule has 0 aliphatic carbocycles. The fourth-order valence-corrected chi connectivity index (χ4v) is 4.06. The van der Waals surface area contributed by atoms with Gasteiger partial charge in [0.1, 0.15) is 11.4 Å². The van der Waals surface area contributed by atoms with Crippen LogP contribution in [0.15, 0.2) is 54.6 Å². The van der Waals surface area contributed by atoms with Crippen molar-refractivity contribution in [3.63, 3.8) is 0 Å². The average Bonchev–Trinajstić information content (AvgIpc) is 3.34. The number of piperidine rings is 1. The molecule has 1 fully saturated rings. The van der Waals surface area contributed by atoms with Gasteiger partial charge in [0.25, 0.3) is 5.91 Å². The van der Waals surface area contributed by atoms with Crippen LogP contribution in [0, 0.1) is 12.8 Å². The van der Waals surface area contributed by atoms with Crippen molar-refractivity contribution in [2.45, 2.75) is 19.8 Å². The van der Waals surface area contributed by atoms with E-state index in [0.717, 1.165) is 29.7 Å². The Balaban J connectivity index is 1.33. The van der Waals surface area contributed by atoms with E-state index in [-0.39, 0.29) is 17.9 Å². The summed E-state index contributed by atoms with van der Waals surface area (Å²) >= 11 is 0. The van der Waals surface area contributed by atoms with Crippen LogP contribution in [0.1, 0.15) is 28.9 Å². The molecule has 1 aliphatic rings. The summed E-state index contributed by atoms with van der Waals surface area (Å²) in [5.41, 5.74) is 3.83. The molecule has 1 unspecified atom stereocenters. The first-order chi connectivity index (χ1) is 16.0. The quantitative estimate of drug-likeness (QED) is 0.530. The molecule has 0 saturated carbocycles. The number of likely N-dealkylation sites (tertiary alicyclic amines) is 1. The molecule has 33 heavy (non-hydrogen) atoms. The maximum atomic E-state index is 13.1. The van der Waals surface area contributed by atoms with Gasteiger partial charge in [-0.25, -0.2) is 4.79 Å². The average molecular weight is 448 g/mol. The highest BCUT2D eigenvalue weighted by Gasteiger charge is 2.26. The number of anilines is 1. The molecular formula is C25H29N5O3. The number of nitrogens with one attached hydrogen (secondary N) is 3. The molecule has 3 N–H and O–H groups in total. The standard InChI is InChI=1S/C25H29N5O3/c1-17-9-11-19(12-10-17)27-25(32)26-15-18-6-5-13-30(16-18)24(31)22-14-21(28-29-22)20-7-3-4-8-23(20)33-2/h3-4,7-12,14,18H,5-6,13,15-16H2,1-2H3,(H,28,29)(H2,26,27,32). The number of aromatic amines is 1. The maximum Gasteiger partial charge on any atom is 0.319 e. The van der Waals surface area contributed by atoms with Crippen LogP contribution in [0.25, 0.3) is 11.3 Å². The lowest BCUT2D eigenvalue weighted by Gasteiger charge is -2.32. The summed E-state index contributed by atoms with van der Waals surface area (Å²) in [6.45, 7) is 3.79. The summed E-state index contributed by atoms with van der Waals surface area (Å²) in [7, 11) is 1.61. The number of amides is 3. The lowest BCUT2D eigenvalue weighted by molar-refractivity contribution is 0.0669. The molecule has 0 radical (unpaired) electrons. The van der Waals surface area contributed by atoms with Crippen molar-refractivity contribution < 1.29 is 14.3 Å². The van der Waals surface area contributed by atoms with Gasteiger partial charge in [0.15, 0.2) is 0 Å². The number of nitrogens with zero attached hydrogens (tertiary/aromatic N) is 2. The van der Waals surface area contributed by atoms with Crippen molar-refractivity contribution in [1.29, 1.82) is 0 Å². The Hall–Kier alpha value is -3.81. The Morgan fingerprint density at radius 1 is 1.18 bits per heavy atom. The number of aromatic nitrogens is 2. The third kappa shape index (κ3) is 5.52.